The molecular weight excluding hydrogens is 196 g/mol. The predicted molar refractivity (Wildman–Crippen MR) is 58.9 cm³/mol. The molecule has 0 amide bonds. The molecule has 1 saturated carbocycles. The third-order valence-electron chi connectivity index (χ3n) is 3.10. The highest BCUT2D eigenvalue weighted by Gasteiger charge is 2.41. The zero-order valence-electron chi connectivity index (χ0n) is 7.89. The summed E-state index contributed by atoms with van der Waals surface area (Å²) in [7, 11) is 0. The second-order valence-electron chi connectivity index (χ2n) is 3.86. The molecule has 0 saturated heterocycles. The number of amidine groups is 1. The molecule has 1 fully saturated rings. The highest BCUT2D eigenvalue weighted by molar-refractivity contribution is 6.30. The molecular formula is C11H13ClN2. The average molecular weight is 209 g/mol. The lowest BCUT2D eigenvalue weighted by Crippen LogP contribution is -2.46. The van der Waals surface area contributed by atoms with Crippen LogP contribution in [0, 0.1) is 5.41 Å². The van der Waals surface area contributed by atoms with Crippen molar-refractivity contribution in [2.24, 2.45) is 5.73 Å². The smallest absolute Gasteiger partial charge is 0.101 e. The van der Waals surface area contributed by atoms with Crippen LogP contribution < -0.4 is 5.73 Å². The summed E-state index contributed by atoms with van der Waals surface area (Å²) < 4.78 is 0. The fourth-order valence-electron chi connectivity index (χ4n) is 2.03. The third kappa shape index (κ3) is 1.30. The summed E-state index contributed by atoms with van der Waals surface area (Å²) in [6.07, 6.45) is 3.09. The molecule has 0 aromatic heterocycles. The maximum absolute atomic E-state index is 7.64. The van der Waals surface area contributed by atoms with E-state index in [2.05, 4.69) is 0 Å². The Bertz CT molecular complexity index is 369. The van der Waals surface area contributed by atoms with Gasteiger partial charge in [0.15, 0.2) is 0 Å². The molecule has 2 nitrogen and oxygen atoms in total. The van der Waals surface area contributed by atoms with Gasteiger partial charge in [-0.15, -0.1) is 0 Å². The van der Waals surface area contributed by atoms with E-state index in [-0.39, 0.29) is 11.3 Å². The van der Waals surface area contributed by atoms with Crippen LogP contribution in [-0.4, -0.2) is 5.84 Å². The molecule has 74 valence electrons. The summed E-state index contributed by atoms with van der Waals surface area (Å²) >= 11 is 5.93. The van der Waals surface area contributed by atoms with E-state index < -0.39 is 0 Å². The van der Waals surface area contributed by atoms with Crippen molar-refractivity contribution in [3.05, 3.63) is 34.9 Å². The maximum Gasteiger partial charge on any atom is 0.101 e. The van der Waals surface area contributed by atoms with Gasteiger partial charge in [-0.3, -0.25) is 5.41 Å². The number of halogens is 1. The van der Waals surface area contributed by atoms with E-state index in [9.17, 15) is 0 Å². The second kappa shape index (κ2) is 3.28. The van der Waals surface area contributed by atoms with Crippen molar-refractivity contribution < 1.29 is 0 Å². The summed E-state index contributed by atoms with van der Waals surface area (Å²) in [5.41, 5.74) is 6.52. The second-order valence-corrected chi connectivity index (χ2v) is 4.30. The quantitative estimate of drug-likeness (QED) is 0.570. The van der Waals surface area contributed by atoms with Gasteiger partial charge in [-0.25, -0.2) is 0 Å². The van der Waals surface area contributed by atoms with Crippen LogP contribution >= 0.6 is 11.6 Å². The van der Waals surface area contributed by atoms with Gasteiger partial charge in [0.2, 0.25) is 0 Å². The first kappa shape index (κ1) is 9.53. The van der Waals surface area contributed by atoms with Gasteiger partial charge in [0, 0.05) is 5.02 Å². The monoisotopic (exact) mass is 208 g/mol. The summed E-state index contributed by atoms with van der Waals surface area (Å²) in [4.78, 5) is 0. The van der Waals surface area contributed by atoms with Crippen LogP contribution in [0.25, 0.3) is 0 Å². The van der Waals surface area contributed by atoms with E-state index in [1.807, 2.05) is 24.3 Å². The van der Waals surface area contributed by atoms with Crippen molar-refractivity contribution in [2.45, 2.75) is 24.7 Å². The predicted octanol–water partition coefficient (Wildman–Crippen LogP) is 2.70. The highest BCUT2D eigenvalue weighted by Crippen LogP contribution is 2.44. The molecule has 3 N–H and O–H groups in total. The Morgan fingerprint density at radius 1 is 1.43 bits per heavy atom. The zero-order valence-corrected chi connectivity index (χ0v) is 8.64. The first-order valence-electron chi connectivity index (χ1n) is 4.76. The summed E-state index contributed by atoms with van der Waals surface area (Å²) in [6, 6.07) is 7.69. The minimum absolute atomic E-state index is 0.217. The molecule has 2 rings (SSSR count). The number of hydrogen-bond acceptors (Lipinski definition) is 1. The molecule has 3 heteroatoms. The molecule has 0 bridgehead atoms. The molecule has 0 unspecified atom stereocenters. The Balaban J connectivity index is 2.42. The standard InChI is InChI=1S/C11H13ClN2/c12-9-4-1-3-8(7-9)11(10(13)14)5-2-6-11/h1,3-4,7H,2,5-6H2,(H3,13,14). The van der Waals surface area contributed by atoms with Crippen LogP contribution in [0.15, 0.2) is 24.3 Å². The zero-order chi connectivity index (χ0) is 10.2. The molecule has 1 aliphatic rings. The van der Waals surface area contributed by atoms with Gasteiger partial charge < -0.3 is 5.73 Å². The first-order valence-corrected chi connectivity index (χ1v) is 5.13. The summed E-state index contributed by atoms with van der Waals surface area (Å²) in [5.74, 6) is 0.269. The van der Waals surface area contributed by atoms with Crippen LogP contribution in [0.3, 0.4) is 0 Å². The highest BCUT2D eigenvalue weighted by atomic mass is 35.5. The molecule has 1 aliphatic carbocycles. The molecule has 0 atom stereocenters. The molecule has 0 heterocycles. The van der Waals surface area contributed by atoms with Gasteiger partial charge in [0.05, 0.1) is 5.41 Å². The normalized spacial score (nSPS) is 18.6. The lowest BCUT2D eigenvalue weighted by molar-refractivity contribution is 0.336. The third-order valence-corrected chi connectivity index (χ3v) is 3.33. The van der Waals surface area contributed by atoms with E-state index in [1.165, 1.54) is 0 Å². The largest absolute Gasteiger partial charge is 0.387 e. The lowest BCUT2D eigenvalue weighted by Gasteiger charge is -2.41. The summed E-state index contributed by atoms with van der Waals surface area (Å²) in [6.45, 7) is 0. The molecule has 0 aliphatic heterocycles. The van der Waals surface area contributed by atoms with E-state index in [0.29, 0.717) is 0 Å². The van der Waals surface area contributed by atoms with Gasteiger partial charge in [-0.2, -0.15) is 0 Å². The van der Waals surface area contributed by atoms with Gasteiger partial charge in [-0.05, 0) is 30.5 Å². The molecule has 0 spiro atoms. The summed E-state index contributed by atoms with van der Waals surface area (Å²) in [5, 5.41) is 8.36. The van der Waals surface area contributed by atoms with Gasteiger partial charge in [0.1, 0.15) is 5.84 Å². The van der Waals surface area contributed by atoms with Crippen molar-refractivity contribution >= 4 is 17.4 Å². The lowest BCUT2D eigenvalue weighted by atomic mass is 9.64. The number of rotatable bonds is 2. The average Bonchev–Trinajstić information content (AvgIpc) is 2.00. The van der Waals surface area contributed by atoms with Crippen LogP contribution in [0.1, 0.15) is 24.8 Å². The fourth-order valence-corrected chi connectivity index (χ4v) is 2.22. The SMILES string of the molecule is N=C(N)C1(c2cccc(Cl)c2)CCC1. The fraction of sp³-hybridized carbons (Fsp3) is 0.364. The minimum Gasteiger partial charge on any atom is -0.387 e. The van der Waals surface area contributed by atoms with Crippen LogP contribution in [0.5, 0.6) is 0 Å². The molecule has 0 radical (unpaired) electrons. The van der Waals surface area contributed by atoms with E-state index in [1.54, 1.807) is 0 Å². The Morgan fingerprint density at radius 3 is 2.57 bits per heavy atom. The van der Waals surface area contributed by atoms with E-state index >= 15 is 0 Å². The van der Waals surface area contributed by atoms with Gasteiger partial charge in [-0.1, -0.05) is 30.2 Å². The molecule has 1 aromatic carbocycles. The van der Waals surface area contributed by atoms with Crippen molar-refractivity contribution in [1.29, 1.82) is 5.41 Å². The van der Waals surface area contributed by atoms with Crippen molar-refractivity contribution in [2.75, 3.05) is 0 Å². The number of nitrogens with one attached hydrogen (secondary N) is 1. The van der Waals surface area contributed by atoms with Crippen LogP contribution in [-0.2, 0) is 5.41 Å². The number of benzene rings is 1. The minimum atomic E-state index is -0.217. The van der Waals surface area contributed by atoms with Gasteiger partial charge >= 0.3 is 0 Å². The molecule has 14 heavy (non-hydrogen) atoms. The number of nitrogens with two attached hydrogens (primary N) is 1. The van der Waals surface area contributed by atoms with Crippen molar-refractivity contribution in [1.82, 2.24) is 0 Å². The first-order chi connectivity index (χ1) is 6.65. The van der Waals surface area contributed by atoms with E-state index in [4.69, 9.17) is 22.7 Å². The Morgan fingerprint density at radius 2 is 2.14 bits per heavy atom. The maximum atomic E-state index is 7.64. The Hall–Kier alpha value is -1.02. The Kier molecular flexibility index (Phi) is 2.23. The van der Waals surface area contributed by atoms with Crippen LogP contribution in [0.2, 0.25) is 5.02 Å². The van der Waals surface area contributed by atoms with Crippen LogP contribution in [0.4, 0.5) is 0 Å². The Labute approximate surface area is 88.6 Å². The van der Waals surface area contributed by atoms with Crippen molar-refractivity contribution in [3.63, 3.8) is 0 Å². The number of hydrogen-bond donors (Lipinski definition) is 2. The van der Waals surface area contributed by atoms with E-state index in [0.717, 1.165) is 29.8 Å². The van der Waals surface area contributed by atoms with Gasteiger partial charge in [0.25, 0.3) is 0 Å². The topological polar surface area (TPSA) is 49.9 Å². The molecule has 1 aromatic rings. The van der Waals surface area contributed by atoms with Crippen molar-refractivity contribution in [3.8, 4) is 0 Å².